The van der Waals surface area contributed by atoms with Gasteiger partial charge in [-0.3, -0.25) is 4.79 Å². The van der Waals surface area contributed by atoms with Crippen LogP contribution in [-0.4, -0.2) is 33.5 Å². The van der Waals surface area contributed by atoms with E-state index in [-0.39, 0.29) is 11.7 Å². The number of nitrogens with one attached hydrogen (secondary N) is 1. The minimum Gasteiger partial charge on any atom is -0.497 e. The third kappa shape index (κ3) is 5.64. The number of thioether (sulfide) groups is 1. The normalized spacial score (nSPS) is 10.8. The van der Waals surface area contributed by atoms with Gasteiger partial charge in [-0.2, -0.15) is 0 Å². The SMILES string of the molecule is CCCCn1c(SCC(=O)Nc2ccc(Br)cc2C)nnc1-c1ccc(OC)cc1. The maximum Gasteiger partial charge on any atom is 0.234 e. The summed E-state index contributed by atoms with van der Waals surface area (Å²) in [5.74, 6) is 1.80. The highest BCUT2D eigenvalue weighted by molar-refractivity contribution is 9.10. The van der Waals surface area contributed by atoms with E-state index in [1.165, 1.54) is 11.8 Å². The molecule has 0 atom stereocenters. The van der Waals surface area contributed by atoms with E-state index in [0.29, 0.717) is 0 Å². The first-order chi connectivity index (χ1) is 14.5. The van der Waals surface area contributed by atoms with Crippen LogP contribution < -0.4 is 10.1 Å². The maximum atomic E-state index is 12.5. The van der Waals surface area contributed by atoms with Crippen LogP contribution in [0.5, 0.6) is 5.75 Å². The number of rotatable bonds is 9. The molecule has 30 heavy (non-hydrogen) atoms. The molecule has 0 spiro atoms. The van der Waals surface area contributed by atoms with Crippen molar-refractivity contribution < 1.29 is 9.53 Å². The van der Waals surface area contributed by atoms with Gasteiger partial charge >= 0.3 is 0 Å². The third-order valence-corrected chi connectivity index (χ3v) is 6.06. The molecule has 158 valence electrons. The number of hydrogen-bond acceptors (Lipinski definition) is 5. The van der Waals surface area contributed by atoms with E-state index < -0.39 is 0 Å². The lowest BCUT2D eigenvalue weighted by Crippen LogP contribution is -2.15. The number of carbonyl (C=O) groups is 1. The second-order valence-electron chi connectivity index (χ2n) is 6.84. The summed E-state index contributed by atoms with van der Waals surface area (Å²) in [5, 5.41) is 12.5. The summed E-state index contributed by atoms with van der Waals surface area (Å²) in [4.78, 5) is 12.5. The molecule has 0 radical (unpaired) electrons. The molecule has 1 N–H and O–H groups in total. The largest absolute Gasteiger partial charge is 0.497 e. The Labute approximate surface area is 189 Å². The van der Waals surface area contributed by atoms with Crippen LogP contribution in [0.1, 0.15) is 25.3 Å². The molecule has 0 unspecified atom stereocenters. The number of ether oxygens (including phenoxy) is 1. The Balaban J connectivity index is 1.73. The van der Waals surface area contributed by atoms with Crippen molar-refractivity contribution in [3.63, 3.8) is 0 Å². The van der Waals surface area contributed by atoms with Gasteiger partial charge in [0.2, 0.25) is 5.91 Å². The smallest absolute Gasteiger partial charge is 0.234 e. The Morgan fingerprint density at radius 3 is 2.63 bits per heavy atom. The van der Waals surface area contributed by atoms with Crippen molar-refractivity contribution in [2.45, 2.75) is 38.4 Å². The van der Waals surface area contributed by atoms with Gasteiger partial charge in [-0.05, 0) is 61.4 Å². The molecule has 1 aromatic heterocycles. The minimum atomic E-state index is -0.0681. The summed E-state index contributed by atoms with van der Waals surface area (Å²) in [6, 6.07) is 13.6. The molecular weight excluding hydrogens is 464 g/mol. The van der Waals surface area contributed by atoms with Crippen LogP contribution in [0.15, 0.2) is 52.1 Å². The predicted octanol–water partition coefficient (Wildman–Crippen LogP) is 5.56. The van der Waals surface area contributed by atoms with Crippen molar-refractivity contribution in [3.8, 4) is 17.1 Å². The molecule has 1 amide bonds. The summed E-state index contributed by atoms with van der Waals surface area (Å²) in [5.41, 5.74) is 2.80. The molecule has 0 saturated heterocycles. The highest BCUT2D eigenvalue weighted by Crippen LogP contribution is 2.27. The van der Waals surface area contributed by atoms with Crippen LogP contribution in [0, 0.1) is 6.92 Å². The number of amides is 1. The zero-order valence-electron chi connectivity index (χ0n) is 17.3. The van der Waals surface area contributed by atoms with Crippen molar-refractivity contribution in [1.82, 2.24) is 14.8 Å². The van der Waals surface area contributed by atoms with Crippen LogP contribution >= 0.6 is 27.7 Å². The molecule has 0 saturated carbocycles. The minimum absolute atomic E-state index is 0.0681. The maximum absolute atomic E-state index is 12.5. The third-order valence-electron chi connectivity index (χ3n) is 4.60. The van der Waals surface area contributed by atoms with Gasteiger partial charge in [0.1, 0.15) is 5.75 Å². The van der Waals surface area contributed by atoms with Crippen LogP contribution in [0.2, 0.25) is 0 Å². The Bertz CT molecular complexity index is 1000. The number of hydrogen-bond donors (Lipinski definition) is 1. The Kier molecular flexibility index (Phi) is 7.93. The van der Waals surface area contributed by atoms with E-state index in [2.05, 4.69) is 42.9 Å². The average molecular weight is 489 g/mol. The molecule has 0 aliphatic heterocycles. The molecule has 0 fully saturated rings. The molecule has 3 aromatic rings. The number of unbranched alkanes of at least 4 members (excludes halogenated alkanes) is 1. The summed E-state index contributed by atoms with van der Waals surface area (Å²) in [7, 11) is 1.65. The number of methoxy groups -OCH3 is 1. The molecule has 2 aromatic carbocycles. The zero-order chi connectivity index (χ0) is 21.5. The summed E-state index contributed by atoms with van der Waals surface area (Å²) in [6.07, 6.45) is 2.08. The van der Waals surface area contributed by atoms with Crippen LogP contribution in [0.4, 0.5) is 5.69 Å². The van der Waals surface area contributed by atoms with E-state index in [9.17, 15) is 4.79 Å². The second-order valence-corrected chi connectivity index (χ2v) is 8.69. The van der Waals surface area contributed by atoms with Gasteiger partial charge in [-0.15, -0.1) is 10.2 Å². The van der Waals surface area contributed by atoms with Crippen molar-refractivity contribution in [2.24, 2.45) is 0 Å². The Hall–Kier alpha value is -2.32. The van der Waals surface area contributed by atoms with Gasteiger partial charge in [0.15, 0.2) is 11.0 Å². The van der Waals surface area contributed by atoms with E-state index in [1.54, 1.807) is 7.11 Å². The average Bonchev–Trinajstić information content (AvgIpc) is 3.15. The van der Waals surface area contributed by atoms with Gasteiger partial charge < -0.3 is 14.6 Å². The molecule has 0 aliphatic rings. The van der Waals surface area contributed by atoms with E-state index in [1.807, 2.05) is 49.4 Å². The number of benzene rings is 2. The summed E-state index contributed by atoms with van der Waals surface area (Å²) in [6.45, 7) is 4.93. The first-order valence-electron chi connectivity index (χ1n) is 9.78. The van der Waals surface area contributed by atoms with Crippen molar-refractivity contribution >= 4 is 39.3 Å². The molecule has 3 rings (SSSR count). The first kappa shape index (κ1) is 22.4. The molecule has 1 heterocycles. The van der Waals surface area contributed by atoms with Gasteiger partial charge in [0.25, 0.3) is 0 Å². The number of aryl methyl sites for hydroxylation is 1. The monoisotopic (exact) mass is 488 g/mol. The van der Waals surface area contributed by atoms with E-state index in [4.69, 9.17) is 4.74 Å². The molecular formula is C22H25BrN4O2S. The fourth-order valence-corrected chi connectivity index (χ4v) is 4.19. The standard InChI is InChI=1S/C22H25BrN4O2S/c1-4-5-12-27-21(16-6-9-18(29-3)10-7-16)25-26-22(27)30-14-20(28)24-19-11-8-17(23)13-15(19)2/h6-11,13H,4-5,12,14H2,1-3H3,(H,24,28). The summed E-state index contributed by atoms with van der Waals surface area (Å²) >= 11 is 4.84. The lowest BCUT2D eigenvalue weighted by atomic mass is 10.2. The quantitative estimate of drug-likeness (QED) is 0.399. The number of nitrogens with zero attached hydrogens (tertiary/aromatic N) is 3. The van der Waals surface area contributed by atoms with Crippen molar-refractivity contribution in [3.05, 3.63) is 52.5 Å². The summed E-state index contributed by atoms with van der Waals surface area (Å²) < 4.78 is 8.32. The number of halogens is 1. The number of aromatic nitrogens is 3. The lowest BCUT2D eigenvalue weighted by molar-refractivity contribution is -0.113. The highest BCUT2D eigenvalue weighted by Gasteiger charge is 2.16. The molecule has 0 aliphatic carbocycles. The van der Waals surface area contributed by atoms with Gasteiger partial charge in [0, 0.05) is 22.3 Å². The van der Waals surface area contributed by atoms with Gasteiger partial charge in [-0.1, -0.05) is 41.0 Å². The lowest BCUT2D eigenvalue weighted by Gasteiger charge is -2.11. The second kappa shape index (κ2) is 10.6. The van der Waals surface area contributed by atoms with Gasteiger partial charge in [0.05, 0.1) is 12.9 Å². The van der Waals surface area contributed by atoms with Crippen molar-refractivity contribution in [2.75, 3.05) is 18.2 Å². The van der Waals surface area contributed by atoms with Crippen LogP contribution in [0.25, 0.3) is 11.4 Å². The number of anilines is 1. The topological polar surface area (TPSA) is 69.0 Å². The Morgan fingerprint density at radius 2 is 1.97 bits per heavy atom. The van der Waals surface area contributed by atoms with Crippen molar-refractivity contribution in [1.29, 1.82) is 0 Å². The fraction of sp³-hybridized carbons (Fsp3) is 0.318. The number of carbonyl (C=O) groups excluding carboxylic acids is 1. The van der Waals surface area contributed by atoms with E-state index >= 15 is 0 Å². The molecule has 0 bridgehead atoms. The first-order valence-corrected chi connectivity index (χ1v) is 11.6. The van der Waals surface area contributed by atoms with E-state index in [0.717, 1.165) is 57.4 Å². The van der Waals surface area contributed by atoms with Crippen LogP contribution in [-0.2, 0) is 11.3 Å². The van der Waals surface area contributed by atoms with Crippen LogP contribution in [0.3, 0.4) is 0 Å². The zero-order valence-corrected chi connectivity index (χ0v) is 19.7. The highest BCUT2D eigenvalue weighted by atomic mass is 79.9. The van der Waals surface area contributed by atoms with Gasteiger partial charge in [-0.25, -0.2) is 0 Å². The molecule has 6 nitrogen and oxygen atoms in total. The molecule has 8 heteroatoms. The Morgan fingerprint density at radius 1 is 1.20 bits per heavy atom. The predicted molar refractivity (Wildman–Crippen MR) is 125 cm³/mol. The fourth-order valence-electron chi connectivity index (χ4n) is 2.95.